The fraction of sp³-hybridized carbons (Fsp3) is 0.400. The standard InChI is InChI=1S/C10H7BrF5NO3/c11-2-5-4(1-6(18)19)3-17-9(7(5)8(12)13)20-10(14,15)16/h3,8H,1-2H2,(H,18,19). The summed E-state index contributed by atoms with van der Waals surface area (Å²) in [6.07, 6.45) is -8.33. The summed E-state index contributed by atoms with van der Waals surface area (Å²) in [6.45, 7) is 0. The predicted octanol–water partition coefficient (Wildman–Crippen LogP) is 3.44. The van der Waals surface area contributed by atoms with Crippen molar-refractivity contribution in [2.24, 2.45) is 0 Å². The van der Waals surface area contributed by atoms with E-state index < -0.39 is 36.6 Å². The lowest BCUT2D eigenvalue weighted by atomic mass is 10.0. The minimum absolute atomic E-state index is 0.112. The highest BCUT2D eigenvalue weighted by molar-refractivity contribution is 9.08. The summed E-state index contributed by atoms with van der Waals surface area (Å²) in [5.74, 6) is -2.60. The van der Waals surface area contributed by atoms with Gasteiger partial charge in [0.05, 0.1) is 12.0 Å². The van der Waals surface area contributed by atoms with Crippen LogP contribution in [0.2, 0.25) is 0 Å². The van der Waals surface area contributed by atoms with E-state index in [1.807, 2.05) is 0 Å². The topological polar surface area (TPSA) is 59.4 Å². The second-order valence-electron chi connectivity index (χ2n) is 3.53. The maximum atomic E-state index is 12.9. The number of aliphatic carboxylic acids is 1. The molecule has 0 aliphatic carbocycles. The Morgan fingerprint density at radius 1 is 1.45 bits per heavy atom. The molecule has 1 rings (SSSR count). The SMILES string of the molecule is O=C(O)Cc1cnc(OC(F)(F)F)c(C(F)F)c1CBr. The maximum absolute atomic E-state index is 12.9. The fourth-order valence-corrected chi connectivity index (χ4v) is 2.14. The van der Waals surface area contributed by atoms with E-state index in [9.17, 15) is 26.7 Å². The van der Waals surface area contributed by atoms with Gasteiger partial charge in [-0.15, -0.1) is 13.2 Å². The van der Waals surface area contributed by atoms with E-state index in [1.165, 1.54) is 0 Å². The molecule has 0 atom stereocenters. The Morgan fingerprint density at radius 2 is 2.05 bits per heavy atom. The molecule has 0 amide bonds. The maximum Gasteiger partial charge on any atom is 0.574 e. The van der Waals surface area contributed by atoms with Crippen LogP contribution in [0.3, 0.4) is 0 Å². The molecular weight excluding hydrogens is 357 g/mol. The van der Waals surface area contributed by atoms with Crippen LogP contribution in [0.4, 0.5) is 22.0 Å². The second-order valence-corrected chi connectivity index (χ2v) is 4.09. The summed E-state index contributed by atoms with van der Waals surface area (Å²) in [6, 6.07) is 0. The van der Waals surface area contributed by atoms with Gasteiger partial charge >= 0.3 is 12.3 Å². The molecule has 112 valence electrons. The molecule has 4 nitrogen and oxygen atoms in total. The molecule has 1 aromatic rings. The average Bonchev–Trinajstić information content (AvgIpc) is 2.27. The van der Waals surface area contributed by atoms with Crippen molar-refractivity contribution in [3.63, 3.8) is 0 Å². The number of aromatic nitrogens is 1. The third-order valence-electron chi connectivity index (χ3n) is 2.19. The molecule has 0 unspecified atom stereocenters. The van der Waals surface area contributed by atoms with Crippen LogP contribution in [-0.2, 0) is 16.5 Å². The van der Waals surface area contributed by atoms with Crippen molar-refractivity contribution in [1.82, 2.24) is 4.98 Å². The van der Waals surface area contributed by atoms with Crippen molar-refractivity contribution in [2.75, 3.05) is 0 Å². The zero-order valence-corrected chi connectivity index (χ0v) is 11.1. The first-order valence-corrected chi connectivity index (χ1v) is 6.10. The molecule has 0 saturated heterocycles. The van der Waals surface area contributed by atoms with Crippen LogP contribution >= 0.6 is 15.9 Å². The Morgan fingerprint density at radius 3 is 2.45 bits per heavy atom. The molecule has 0 radical (unpaired) electrons. The van der Waals surface area contributed by atoms with E-state index in [2.05, 4.69) is 25.7 Å². The minimum Gasteiger partial charge on any atom is -0.481 e. The normalized spacial score (nSPS) is 11.8. The molecule has 0 aromatic carbocycles. The minimum atomic E-state index is -5.17. The van der Waals surface area contributed by atoms with Gasteiger partial charge in [-0.05, 0) is 11.1 Å². The molecule has 0 aliphatic heterocycles. The zero-order chi connectivity index (χ0) is 15.5. The highest BCUT2D eigenvalue weighted by Crippen LogP contribution is 2.36. The lowest BCUT2D eigenvalue weighted by molar-refractivity contribution is -0.276. The van der Waals surface area contributed by atoms with Crippen molar-refractivity contribution in [2.45, 2.75) is 24.5 Å². The van der Waals surface area contributed by atoms with Gasteiger partial charge in [-0.2, -0.15) is 0 Å². The van der Waals surface area contributed by atoms with E-state index in [1.54, 1.807) is 0 Å². The monoisotopic (exact) mass is 363 g/mol. The molecule has 10 heteroatoms. The smallest absolute Gasteiger partial charge is 0.481 e. The van der Waals surface area contributed by atoms with Crippen molar-refractivity contribution < 1.29 is 36.6 Å². The Kier molecular flexibility index (Phi) is 5.26. The molecule has 20 heavy (non-hydrogen) atoms. The number of hydrogen-bond donors (Lipinski definition) is 1. The van der Waals surface area contributed by atoms with Crippen LogP contribution in [0.5, 0.6) is 5.88 Å². The van der Waals surface area contributed by atoms with Crippen LogP contribution in [0.15, 0.2) is 6.20 Å². The van der Waals surface area contributed by atoms with E-state index in [-0.39, 0.29) is 16.5 Å². The lowest BCUT2D eigenvalue weighted by Crippen LogP contribution is -2.20. The van der Waals surface area contributed by atoms with Gasteiger partial charge in [0.1, 0.15) is 0 Å². The Bertz CT molecular complexity index is 506. The van der Waals surface area contributed by atoms with Crippen LogP contribution in [0, 0.1) is 0 Å². The number of nitrogens with zero attached hydrogens (tertiary/aromatic N) is 1. The first-order chi connectivity index (χ1) is 9.15. The summed E-state index contributed by atoms with van der Waals surface area (Å²) >= 11 is 2.84. The van der Waals surface area contributed by atoms with E-state index >= 15 is 0 Å². The average molecular weight is 364 g/mol. The number of pyridine rings is 1. The number of alkyl halides is 6. The van der Waals surface area contributed by atoms with Gasteiger partial charge in [0, 0.05) is 11.5 Å². The second kappa shape index (κ2) is 6.33. The molecule has 0 saturated carbocycles. The summed E-state index contributed by atoms with van der Waals surface area (Å²) in [7, 11) is 0. The van der Waals surface area contributed by atoms with Gasteiger partial charge < -0.3 is 9.84 Å². The third kappa shape index (κ3) is 4.29. The highest BCUT2D eigenvalue weighted by Gasteiger charge is 2.35. The third-order valence-corrected chi connectivity index (χ3v) is 2.75. The number of rotatable bonds is 5. The molecule has 1 aromatic heterocycles. The summed E-state index contributed by atoms with van der Waals surface area (Å²) in [5, 5.41) is 8.37. The largest absolute Gasteiger partial charge is 0.574 e. The molecular formula is C10H7BrF5NO3. The van der Waals surface area contributed by atoms with Gasteiger partial charge in [0.25, 0.3) is 6.43 Å². The van der Waals surface area contributed by atoms with Gasteiger partial charge in [-0.25, -0.2) is 13.8 Å². The number of carboxylic acids is 1. The number of carbonyl (C=O) groups is 1. The number of ether oxygens (including phenoxy) is 1. The first-order valence-electron chi connectivity index (χ1n) is 4.98. The van der Waals surface area contributed by atoms with Gasteiger partial charge in [0.15, 0.2) is 0 Å². The van der Waals surface area contributed by atoms with Crippen molar-refractivity contribution >= 4 is 21.9 Å². The number of halogens is 6. The van der Waals surface area contributed by atoms with Crippen LogP contribution < -0.4 is 4.74 Å². The van der Waals surface area contributed by atoms with Crippen molar-refractivity contribution in [3.8, 4) is 5.88 Å². The molecule has 0 fully saturated rings. The van der Waals surface area contributed by atoms with Crippen molar-refractivity contribution in [3.05, 3.63) is 22.9 Å². The van der Waals surface area contributed by atoms with Gasteiger partial charge in [-0.3, -0.25) is 4.79 Å². The van der Waals surface area contributed by atoms with Gasteiger partial charge in [0.2, 0.25) is 5.88 Å². The molecule has 0 aliphatic rings. The molecule has 0 spiro atoms. The van der Waals surface area contributed by atoms with Gasteiger partial charge in [-0.1, -0.05) is 15.9 Å². The van der Waals surface area contributed by atoms with E-state index in [0.717, 1.165) is 6.20 Å². The lowest BCUT2D eigenvalue weighted by Gasteiger charge is -2.16. The van der Waals surface area contributed by atoms with E-state index in [4.69, 9.17) is 5.11 Å². The van der Waals surface area contributed by atoms with Crippen molar-refractivity contribution in [1.29, 1.82) is 0 Å². The molecule has 1 heterocycles. The molecule has 1 N–H and O–H groups in total. The van der Waals surface area contributed by atoms with Crippen LogP contribution in [-0.4, -0.2) is 22.4 Å². The number of hydrogen-bond acceptors (Lipinski definition) is 3. The van der Waals surface area contributed by atoms with E-state index in [0.29, 0.717) is 0 Å². The predicted molar refractivity (Wildman–Crippen MR) is 59.8 cm³/mol. The first kappa shape index (κ1) is 16.6. The Balaban J connectivity index is 3.37. The number of carboxylic acid groups (broad SMARTS) is 1. The molecule has 0 bridgehead atoms. The zero-order valence-electron chi connectivity index (χ0n) is 9.55. The highest BCUT2D eigenvalue weighted by atomic mass is 79.9. The summed E-state index contributed by atoms with van der Waals surface area (Å²) in [5.41, 5.74) is -1.46. The Hall–Kier alpha value is -1.45. The fourth-order valence-electron chi connectivity index (χ4n) is 1.48. The van der Waals surface area contributed by atoms with Crippen LogP contribution in [0.1, 0.15) is 23.1 Å². The Labute approximate surface area is 117 Å². The quantitative estimate of drug-likeness (QED) is 0.643. The van der Waals surface area contributed by atoms with Crippen LogP contribution in [0.25, 0.3) is 0 Å². The summed E-state index contributed by atoms with van der Waals surface area (Å²) in [4.78, 5) is 13.7. The summed E-state index contributed by atoms with van der Waals surface area (Å²) < 4.78 is 65.6.